The van der Waals surface area contributed by atoms with E-state index in [1.807, 2.05) is 61.5 Å². The molecule has 1 unspecified atom stereocenters. The van der Waals surface area contributed by atoms with Crippen LogP contribution < -0.4 is 10.6 Å². The van der Waals surface area contributed by atoms with Crippen molar-refractivity contribution in [2.75, 3.05) is 10.6 Å². The van der Waals surface area contributed by atoms with Crippen LogP contribution in [0.25, 0.3) is 11.1 Å². The number of aromatic nitrogens is 2. The zero-order valence-corrected chi connectivity index (χ0v) is 16.8. The van der Waals surface area contributed by atoms with E-state index in [9.17, 15) is 9.59 Å². The van der Waals surface area contributed by atoms with Crippen molar-refractivity contribution in [2.45, 2.75) is 31.6 Å². The maximum absolute atomic E-state index is 12.6. The van der Waals surface area contributed by atoms with Gasteiger partial charge in [-0.25, -0.2) is 0 Å². The van der Waals surface area contributed by atoms with Crippen molar-refractivity contribution >= 4 is 23.3 Å². The third-order valence-corrected chi connectivity index (χ3v) is 5.34. The lowest BCUT2D eigenvalue weighted by molar-refractivity contribution is -0.117. The number of H-pyrrole nitrogens is 1. The van der Waals surface area contributed by atoms with Gasteiger partial charge in [-0.3, -0.25) is 14.7 Å². The summed E-state index contributed by atoms with van der Waals surface area (Å²) in [6.07, 6.45) is 3.61. The number of nitrogens with zero attached hydrogens (tertiary/aromatic N) is 1. The number of rotatable bonds is 7. The summed E-state index contributed by atoms with van der Waals surface area (Å²) in [7, 11) is 0. The third kappa shape index (κ3) is 4.49. The molecular formula is C24H24N4O2. The van der Waals surface area contributed by atoms with Crippen molar-refractivity contribution in [3.8, 4) is 11.1 Å². The van der Waals surface area contributed by atoms with Crippen LogP contribution in [0.3, 0.4) is 0 Å². The van der Waals surface area contributed by atoms with Gasteiger partial charge in [0.2, 0.25) is 11.8 Å². The highest BCUT2D eigenvalue weighted by molar-refractivity contribution is 5.99. The maximum atomic E-state index is 12.6. The summed E-state index contributed by atoms with van der Waals surface area (Å²) in [5.74, 6) is 0.531. The number of aromatic amines is 1. The number of carbonyl (C=O) groups is 2. The first-order valence-electron chi connectivity index (χ1n) is 10.0. The standard InChI is InChI=1S/C24H24N4O2/c1-3-23(29)25-20-12-10-18(11-13-20)17-6-4-16(5-7-17)15(2)24(30)26-22-14-21(27-28-22)19-8-9-19/h3-7,10-15,19H,1,8-9H2,2H3,(H,25,29)(H2,26,27,28,30). The second-order valence-corrected chi connectivity index (χ2v) is 7.59. The Kier molecular flexibility index (Phi) is 5.48. The molecule has 30 heavy (non-hydrogen) atoms. The number of nitrogens with one attached hydrogen (secondary N) is 3. The van der Waals surface area contributed by atoms with E-state index in [4.69, 9.17) is 0 Å². The molecule has 6 heteroatoms. The fraction of sp³-hybridized carbons (Fsp3) is 0.208. The minimum absolute atomic E-state index is 0.0843. The van der Waals surface area contributed by atoms with E-state index < -0.39 is 0 Å². The predicted octanol–water partition coefficient (Wildman–Crippen LogP) is 4.82. The minimum atomic E-state index is -0.295. The highest BCUT2D eigenvalue weighted by Crippen LogP contribution is 2.39. The highest BCUT2D eigenvalue weighted by Gasteiger charge is 2.26. The summed E-state index contributed by atoms with van der Waals surface area (Å²) in [5, 5.41) is 12.8. The van der Waals surface area contributed by atoms with Crippen LogP contribution in [-0.4, -0.2) is 22.0 Å². The number of benzene rings is 2. The molecule has 3 aromatic rings. The lowest BCUT2D eigenvalue weighted by atomic mass is 9.97. The lowest BCUT2D eigenvalue weighted by Crippen LogP contribution is -2.19. The number of hydrogen-bond acceptors (Lipinski definition) is 3. The normalized spacial score (nSPS) is 14.0. The Balaban J connectivity index is 1.39. The van der Waals surface area contributed by atoms with Gasteiger partial charge in [-0.2, -0.15) is 5.10 Å². The van der Waals surface area contributed by atoms with Gasteiger partial charge in [0, 0.05) is 23.4 Å². The van der Waals surface area contributed by atoms with Crippen molar-refractivity contribution in [2.24, 2.45) is 0 Å². The van der Waals surface area contributed by atoms with Gasteiger partial charge in [-0.1, -0.05) is 43.0 Å². The zero-order valence-electron chi connectivity index (χ0n) is 16.8. The number of amides is 2. The van der Waals surface area contributed by atoms with Crippen molar-refractivity contribution in [1.82, 2.24) is 10.2 Å². The van der Waals surface area contributed by atoms with Crippen LogP contribution in [0.15, 0.2) is 67.3 Å². The van der Waals surface area contributed by atoms with Crippen LogP contribution in [0, 0.1) is 0 Å². The fourth-order valence-corrected chi connectivity index (χ4v) is 3.29. The summed E-state index contributed by atoms with van der Waals surface area (Å²) in [6.45, 7) is 5.33. The molecule has 152 valence electrons. The topological polar surface area (TPSA) is 86.9 Å². The Morgan fingerprint density at radius 3 is 2.30 bits per heavy atom. The first-order valence-corrected chi connectivity index (χ1v) is 10.0. The van der Waals surface area contributed by atoms with Crippen molar-refractivity contribution in [3.05, 3.63) is 78.5 Å². The Hall–Kier alpha value is -3.67. The summed E-state index contributed by atoms with van der Waals surface area (Å²) >= 11 is 0. The van der Waals surface area contributed by atoms with Gasteiger partial charge >= 0.3 is 0 Å². The van der Waals surface area contributed by atoms with E-state index in [-0.39, 0.29) is 17.7 Å². The monoisotopic (exact) mass is 400 g/mol. The molecule has 0 radical (unpaired) electrons. The molecule has 4 rings (SSSR count). The molecule has 0 bridgehead atoms. The largest absolute Gasteiger partial charge is 0.323 e. The van der Waals surface area contributed by atoms with Gasteiger partial charge in [-0.05, 0) is 54.7 Å². The fourth-order valence-electron chi connectivity index (χ4n) is 3.29. The summed E-state index contributed by atoms with van der Waals surface area (Å²) < 4.78 is 0. The van der Waals surface area contributed by atoms with Gasteiger partial charge in [-0.15, -0.1) is 0 Å². The Bertz CT molecular complexity index is 1060. The molecular weight excluding hydrogens is 376 g/mol. The molecule has 1 aromatic heterocycles. The van der Waals surface area contributed by atoms with Crippen LogP contribution in [0.1, 0.15) is 42.9 Å². The molecule has 1 saturated carbocycles. The first kappa shape index (κ1) is 19.6. The predicted molar refractivity (Wildman–Crippen MR) is 118 cm³/mol. The van der Waals surface area contributed by atoms with Gasteiger partial charge < -0.3 is 10.6 Å². The molecule has 1 aliphatic carbocycles. The van der Waals surface area contributed by atoms with Crippen molar-refractivity contribution in [3.63, 3.8) is 0 Å². The number of hydrogen-bond donors (Lipinski definition) is 3. The SMILES string of the molecule is C=CC(=O)Nc1ccc(-c2ccc(C(C)C(=O)Nc3cc(C4CC4)[nH]n3)cc2)cc1. The second kappa shape index (κ2) is 8.37. The molecule has 1 fully saturated rings. The average molecular weight is 400 g/mol. The van der Waals surface area contributed by atoms with Crippen molar-refractivity contribution in [1.29, 1.82) is 0 Å². The number of carbonyl (C=O) groups excluding carboxylic acids is 2. The maximum Gasteiger partial charge on any atom is 0.247 e. The third-order valence-electron chi connectivity index (χ3n) is 5.34. The Morgan fingerprint density at radius 2 is 1.70 bits per heavy atom. The van der Waals surface area contributed by atoms with Crippen LogP contribution in [0.5, 0.6) is 0 Å². The Labute approximate surface area is 175 Å². The van der Waals surface area contributed by atoms with Crippen LogP contribution in [-0.2, 0) is 9.59 Å². The van der Waals surface area contributed by atoms with Gasteiger partial charge in [0.15, 0.2) is 5.82 Å². The summed E-state index contributed by atoms with van der Waals surface area (Å²) in [5.41, 5.74) is 4.81. The number of anilines is 2. The molecule has 2 aromatic carbocycles. The Morgan fingerprint density at radius 1 is 1.07 bits per heavy atom. The second-order valence-electron chi connectivity index (χ2n) is 7.59. The van der Waals surface area contributed by atoms with E-state index in [0.717, 1.165) is 22.4 Å². The molecule has 1 heterocycles. The van der Waals surface area contributed by atoms with Gasteiger partial charge in [0.25, 0.3) is 0 Å². The molecule has 2 amide bonds. The molecule has 0 saturated heterocycles. The highest BCUT2D eigenvalue weighted by atomic mass is 16.2. The quantitative estimate of drug-likeness (QED) is 0.497. The van der Waals surface area contributed by atoms with Crippen LogP contribution in [0.4, 0.5) is 11.5 Å². The lowest BCUT2D eigenvalue weighted by Gasteiger charge is -2.12. The molecule has 3 N–H and O–H groups in total. The molecule has 0 aliphatic heterocycles. The summed E-state index contributed by atoms with van der Waals surface area (Å²) in [4.78, 5) is 24.0. The van der Waals surface area contributed by atoms with Crippen molar-refractivity contribution < 1.29 is 9.59 Å². The molecule has 0 spiro atoms. The molecule has 1 atom stereocenters. The zero-order chi connectivity index (χ0) is 21.1. The minimum Gasteiger partial charge on any atom is -0.323 e. The van der Waals surface area contributed by atoms with Gasteiger partial charge in [0.1, 0.15) is 0 Å². The first-order chi connectivity index (χ1) is 14.5. The van der Waals surface area contributed by atoms with E-state index in [1.54, 1.807) is 0 Å². The van der Waals surface area contributed by atoms with E-state index in [2.05, 4.69) is 27.4 Å². The van der Waals surface area contributed by atoms with Gasteiger partial charge in [0.05, 0.1) is 5.92 Å². The van der Waals surface area contributed by atoms with E-state index in [1.165, 1.54) is 18.9 Å². The van der Waals surface area contributed by atoms with Crippen LogP contribution >= 0.6 is 0 Å². The van der Waals surface area contributed by atoms with Crippen LogP contribution in [0.2, 0.25) is 0 Å². The van der Waals surface area contributed by atoms with E-state index >= 15 is 0 Å². The smallest absolute Gasteiger partial charge is 0.247 e. The van der Waals surface area contributed by atoms with E-state index in [0.29, 0.717) is 17.4 Å². The average Bonchev–Trinajstić information content (AvgIpc) is 3.53. The summed E-state index contributed by atoms with van der Waals surface area (Å²) in [6, 6.07) is 17.4. The molecule has 1 aliphatic rings. The molecule has 6 nitrogen and oxygen atoms in total.